The number of methoxy groups -OCH3 is 1. The van der Waals surface area contributed by atoms with Gasteiger partial charge in [-0.3, -0.25) is 4.90 Å². The van der Waals surface area contributed by atoms with Crippen molar-refractivity contribution in [1.29, 1.82) is 0 Å². The summed E-state index contributed by atoms with van der Waals surface area (Å²) in [6.07, 6.45) is 1.25. The van der Waals surface area contributed by atoms with Crippen LogP contribution in [0.2, 0.25) is 0 Å². The smallest absolute Gasteiger partial charge is 0.160 e. The Morgan fingerprint density at radius 2 is 2.32 bits per heavy atom. The number of nitrogens with zero attached hydrogens (tertiary/aromatic N) is 1. The van der Waals surface area contributed by atoms with Gasteiger partial charge < -0.3 is 15.2 Å². The van der Waals surface area contributed by atoms with Crippen molar-refractivity contribution in [2.45, 2.75) is 19.4 Å². The van der Waals surface area contributed by atoms with Gasteiger partial charge >= 0.3 is 0 Å². The number of hydrogen-bond acceptors (Lipinski definition) is 4. The van der Waals surface area contributed by atoms with Crippen LogP contribution in [0.15, 0.2) is 18.2 Å². The lowest BCUT2D eigenvalue weighted by Gasteiger charge is -2.25. The number of likely N-dealkylation sites (tertiary alicyclic amines) is 1. The molecular weight excluding hydrogens is 240 g/mol. The molecule has 1 aliphatic rings. The van der Waals surface area contributed by atoms with Crippen LogP contribution in [-0.2, 0) is 0 Å². The van der Waals surface area contributed by atoms with E-state index >= 15 is 0 Å². The van der Waals surface area contributed by atoms with E-state index in [1.807, 2.05) is 19.2 Å². The highest BCUT2D eigenvalue weighted by Crippen LogP contribution is 2.33. The monoisotopic (exact) mass is 264 g/mol. The highest BCUT2D eigenvalue weighted by molar-refractivity contribution is 5.42. The number of phenolic OH excluding ortho intramolecular Hbond substituents is 1. The second-order valence-electron chi connectivity index (χ2n) is 5.31. The Balaban J connectivity index is 2.05. The molecule has 1 saturated heterocycles. The van der Waals surface area contributed by atoms with Gasteiger partial charge in [0.1, 0.15) is 0 Å². The maximum atomic E-state index is 9.65. The van der Waals surface area contributed by atoms with Gasteiger partial charge in [-0.15, -0.1) is 0 Å². The minimum absolute atomic E-state index is 0.202. The van der Waals surface area contributed by atoms with Crippen molar-refractivity contribution < 1.29 is 9.84 Å². The summed E-state index contributed by atoms with van der Waals surface area (Å²) in [7, 11) is 3.60. The summed E-state index contributed by atoms with van der Waals surface area (Å²) in [5.74, 6) is 1.50. The molecule has 0 spiro atoms. The first kappa shape index (κ1) is 14.2. The summed E-state index contributed by atoms with van der Waals surface area (Å²) in [6, 6.07) is 5.99. The third-order valence-electron chi connectivity index (χ3n) is 4.04. The number of ether oxygens (including phenoxy) is 1. The van der Waals surface area contributed by atoms with Gasteiger partial charge in [0.15, 0.2) is 11.5 Å². The molecule has 0 aliphatic carbocycles. The number of nitrogens with one attached hydrogen (secondary N) is 1. The predicted octanol–water partition coefficient (Wildman–Crippen LogP) is 2.00. The lowest BCUT2D eigenvalue weighted by atomic mass is 10.1. The molecule has 0 saturated carbocycles. The molecule has 1 aromatic rings. The molecule has 4 heteroatoms. The Morgan fingerprint density at radius 1 is 1.53 bits per heavy atom. The molecule has 2 atom stereocenters. The van der Waals surface area contributed by atoms with Crippen LogP contribution in [0, 0.1) is 5.92 Å². The van der Waals surface area contributed by atoms with E-state index < -0.39 is 0 Å². The fourth-order valence-corrected chi connectivity index (χ4v) is 2.83. The Kier molecular flexibility index (Phi) is 4.66. The number of aromatic hydroxyl groups is 1. The highest BCUT2D eigenvalue weighted by Gasteiger charge is 2.26. The van der Waals surface area contributed by atoms with Crippen LogP contribution in [0.5, 0.6) is 11.5 Å². The van der Waals surface area contributed by atoms with Crippen LogP contribution >= 0.6 is 0 Å². The van der Waals surface area contributed by atoms with Crippen molar-refractivity contribution in [3.8, 4) is 11.5 Å². The Bertz CT molecular complexity index is 423. The van der Waals surface area contributed by atoms with Crippen LogP contribution in [-0.4, -0.2) is 43.8 Å². The molecule has 0 aromatic heterocycles. The van der Waals surface area contributed by atoms with Gasteiger partial charge in [-0.2, -0.15) is 0 Å². The maximum Gasteiger partial charge on any atom is 0.160 e. The number of benzene rings is 1. The van der Waals surface area contributed by atoms with E-state index in [-0.39, 0.29) is 5.75 Å². The van der Waals surface area contributed by atoms with E-state index in [0.29, 0.717) is 11.8 Å². The van der Waals surface area contributed by atoms with Crippen LogP contribution in [0.1, 0.15) is 24.9 Å². The topological polar surface area (TPSA) is 44.7 Å². The maximum absolute atomic E-state index is 9.65. The number of hydrogen-bond donors (Lipinski definition) is 2. The van der Waals surface area contributed by atoms with E-state index in [1.54, 1.807) is 13.2 Å². The van der Waals surface area contributed by atoms with Crippen molar-refractivity contribution in [2.24, 2.45) is 5.92 Å². The highest BCUT2D eigenvalue weighted by atomic mass is 16.5. The largest absolute Gasteiger partial charge is 0.504 e. The van der Waals surface area contributed by atoms with Gasteiger partial charge in [0.2, 0.25) is 0 Å². The average molecular weight is 264 g/mol. The summed E-state index contributed by atoms with van der Waals surface area (Å²) >= 11 is 0. The van der Waals surface area contributed by atoms with Gasteiger partial charge in [-0.1, -0.05) is 6.07 Å². The van der Waals surface area contributed by atoms with Gasteiger partial charge in [-0.05, 0) is 57.1 Å². The number of phenols is 1. The van der Waals surface area contributed by atoms with Crippen molar-refractivity contribution >= 4 is 0 Å². The summed E-state index contributed by atoms with van der Waals surface area (Å²) in [5.41, 5.74) is 1.19. The lowest BCUT2D eigenvalue weighted by molar-refractivity contribution is 0.251. The third-order valence-corrected chi connectivity index (χ3v) is 4.04. The van der Waals surface area contributed by atoms with Crippen molar-refractivity contribution in [1.82, 2.24) is 10.2 Å². The summed E-state index contributed by atoms with van der Waals surface area (Å²) in [6.45, 7) is 5.57. The quantitative estimate of drug-likeness (QED) is 0.854. The Morgan fingerprint density at radius 3 is 3.00 bits per heavy atom. The Labute approximate surface area is 115 Å². The first-order valence-corrected chi connectivity index (χ1v) is 6.91. The zero-order valence-electron chi connectivity index (χ0n) is 12.0. The molecule has 106 valence electrons. The summed E-state index contributed by atoms with van der Waals surface area (Å²) in [4.78, 5) is 2.49. The standard InChI is InChI=1S/C15H24N2O2/c1-11(17-7-6-12(10-17)9-16-2)13-4-5-14(18)15(8-13)19-3/h4-5,8,11-12,16,18H,6-7,9-10H2,1-3H3. The van der Waals surface area contributed by atoms with Gasteiger partial charge in [0, 0.05) is 12.6 Å². The zero-order valence-corrected chi connectivity index (χ0v) is 12.0. The van der Waals surface area contributed by atoms with Crippen LogP contribution in [0.3, 0.4) is 0 Å². The van der Waals surface area contributed by atoms with Crippen LogP contribution in [0.25, 0.3) is 0 Å². The zero-order chi connectivity index (χ0) is 13.8. The molecule has 0 radical (unpaired) electrons. The molecular formula is C15H24N2O2. The third kappa shape index (κ3) is 3.19. The van der Waals surface area contributed by atoms with Gasteiger partial charge in [0.05, 0.1) is 7.11 Å². The molecule has 4 nitrogen and oxygen atoms in total. The second kappa shape index (κ2) is 6.26. The minimum atomic E-state index is 0.202. The summed E-state index contributed by atoms with van der Waals surface area (Å²) < 4.78 is 5.18. The van der Waals surface area contributed by atoms with E-state index in [4.69, 9.17) is 4.74 Å². The second-order valence-corrected chi connectivity index (χ2v) is 5.31. The predicted molar refractivity (Wildman–Crippen MR) is 76.7 cm³/mol. The van der Waals surface area contributed by atoms with Crippen LogP contribution < -0.4 is 10.1 Å². The van der Waals surface area contributed by atoms with Gasteiger partial charge in [0.25, 0.3) is 0 Å². The fraction of sp³-hybridized carbons (Fsp3) is 0.600. The molecule has 1 heterocycles. The average Bonchev–Trinajstić information content (AvgIpc) is 2.87. The molecule has 2 rings (SSSR count). The van der Waals surface area contributed by atoms with E-state index in [0.717, 1.165) is 25.6 Å². The Hall–Kier alpha value is -1.26. The molecule has 2 N–H and O–H groups in total. The van der Waals surface area contributed by atoms with Crippen molar-refractivity contribution in [3.63, 3.8) is 0 Å². The van der Waals surface area contributed by atoms with E-state index in [2.05, 4.69) is 17.1 Å². The normalized spacial score (nSPS) is 21.5. The molecule has 1 aromatic carbocycles. The summed E-state index contributed by atoms with van der Waals surface area (Å²) in [5, 5.41) is 12.9. The first-order chi connectivity index (χ1) is 9.15. The number of rotatable bonds is 5. The molecule has 19 heavy (non-hydrogen) atoms. The van der Waals surface area contributed by atoms with Gasteiger partial charge in [-0.25, -0.2) is 0 Å². The van der Waals surface area contributed by atoms with Crippen molar-refractivity contribution in [2.75, 3.05) is 33.8 Å². The van der Waals surface area contributed by atoms with Crippen molar-refractivity contribution in [3.05, 3.63) is 23.8 Å². The molecule has 1 aliphatic heterocycles. The molecule has 1 fully saturated rings. The molecule has 2 unspecified atom stereocenters. The molecule has 0 amide bonds. The van der Waals surface area contributed by atoms with E-state index in [1.165, 1.54) is 12.0 Å². The molecule has 0 bridgehead atoms. The first-order valence-electron chi connectivity index (χ1n) is 6.91. The van der Waals surface area contributed by atoms with Crippen LogP contribution in [0.4, 0.5) is 0 Å². The SMILES string of the molecule is CNCC1CCN(C(C)c2ccc(O)c(OC)c2)C1. The lowest BCUT2D eigenvalue weighted by Crippen LogP contribution is -2.27. The minimum Gasteiger partial charge on any atom is -0.504 e. The van der Waals surface area contributed by atoms with E-state index in [9.17, 15) is 5.11 Å². The fourth-order valence-electron chi connectivity index (χ4n) is 2.83.